The van der Waals surface area contributed by atoms with E-state index in [-0.39, 0.29) is 11.6 Å². The molecule has 3 heterocycles. The second-order valence-corrected chi connectivity index (χ2v) is 8.27. The van der Waals surface area contributed by atoms with Gasteiger partial charge in [0.05, 0.1) is 43.0 Å². The first-order valence-electron chi connectivity index (χ1n) is 11.0. The highest BCUT2D eigenvalue weighted by molar-refractivity contribution is 5.50. The van der Waals surface area contributed by atoms with E-state index in [9.17, 15) is 14.3 Å². The Hall–Kier alpha value is -3.91. The number of aliphatic hydroxyl groups is 1. The van der Waals surface area contributed by atoms with Crippen LogP contribution < -0.4 is 15.0 Å². The number of aliphatic hydroxyl groups excluding tert-OH is 1. The molecule has 0 saturated carbocycles. The van der Waals surface area contributed by atoms with E-state index in [1.54, 1.807) is 24.5 Å². The maximum Gasteiger partial charge on any atom is 0.257 e. The first-order valence-corrected chi connectivity index (χ1v) is 11.0. The van der Waals surface area contributed by atoms with Gasteiger partial charge in [-0.1, -0.05) is 24.3 Å². The number of benzene rings is 2. The number of aryl methyl sites for hydroxylation is 1. The number of nitrogens with zero attached hydrogens (tertiary/aromatic N) is 3. The van der Waals surface area contributed by atoms with Gasteiger partial charge in [0.2, 0.25) is 0 Å². The quantitative estimate of drug-likeness (QED) is 0.487. The highest BCUT2D eigenvalue weighted by Crippen LogP contribution is 2.34. The smallest absolute Gasteiger partial charge is 0.257 e. The number of aromatic nitrogens is 3. The van der Waals surface area contributed by atoms with Gasteiger partial charge in [0, 0.05) is 24.4 Å². The number of ether oxygens (including phenoxy) is 2. The lowest BCUT2D eigenvalue weighted by Gasteiger charge is -2.28. The van der Waals surface area contributed by atoms with Gasteiger partial charge < -0.3 is 23.7 Å². The molecule has 1 aliphatic rings. The average molecular weight is 461 g/mol. The molecule has 0 aliphatic carbocycles. The van der Waals surface area contributed by atoms with Gasteiger partial charge in [0.1, 0.15) is 23.4 Å². The first kappa shape index (κ1) is 21.9. The van der Waals surface area contributed by atoms with Crippen molar-refractivity contribution in [2.24, 2.45) is 0 Å². The summed E-state index contributed by atoms with van der Waals surface area (Å²) in [6, 6.07) is 13.2. The Kier molecular flexibility index (Phi) is 5.67. The molecule has 1 N–H and O–H groups in total. The third-order valence-corrected chi connectivity index (χ3v) is 6.10. The first-order chi connectivity index (χ1) is 16.5. The maximum absolute atomic E-state index is 14.7. The number of hydrogen-bond acceptors (Lipinski definition) is 5. The van der Waals surface area contributed by atoms with E-state index in [2.05, 4.69) is 4.98 Å². The van der Waals surface area contributed by atoms with Gasteiger partial charge in [-0.3, -0.25) is 4.79 Å². The number of imidazole rings is 1. The van der Waals surface area contributed by atoms with Crippen LogP contribution in [0.4, 0.5) is 4.39 Å². The molecular formula is C26H24FN3O4. The zero-order chi connectivity index (χ0) is 23.8. The lowest BCUT2D eigenvalue weighted by Crippen LogP contribution is -2.32. The number of para-hydroxylation sites is 1. The maximum atomic E-state index is 14.7. The highest BCUT2D eigenvalue weighted by Gasteiger charge is 2.27. The number of hydrogen-bond donors (Lipinski definition) is 1. The monoisotopic (exact) mass is 461 g/mol. The Bertz CT molecular complexity index is 1410. The molecule has 2 aromatic carbocycles. The third-order valence-electron chi connectivity index (χ3n) is 6.10. The molecule has 5 rings (SSSR count). The summed E-state index contributed by atoms with van der Waals surface area (Å²) in [7, 11) is 1.52. The predicted molar refractivity (Wildman–Crippen MR) is 124 cm³/mol. The van der Waals surface area contributed by atoms with Gasteiger partial charge in [-0.25, -0.2) is 9.37 Å². The minimum absolute atomic E-state index is 0.0442. The molecule has 8 heteroatoms. The second kappa shape index (κ2) is 8.79. The van der Waals surface area contributed by atoms with Crippen LogP contribution in [-0.2, 0) is 0 Å². The van der Waals surface area contributed by atoms with E-state index in [0.717, 1.165) is 23.0 Å². The molecule has 2 unspecified atom stereocenters. The van der Waals surface area contributed by atoms with E-state index < -0.39 is 17.5 Å². The van der Waals surface area contributed by atoms with Crippen LogP contribution in [0.3, 0.4) is 0 Å². The summed E-state index contributed by atoms with van der Waals surface area (Å²) >= 11 is 0. The molecule has 0 bridgehead atoms. The SMILES string of the molecule is COc1cc(C(O)c2cc(F)cn(C3CCOc4ccccc43)c2=O)ccc1-n1cnc(C)c1. The van der Waals surface area contributed by atoms with Crippen molar-refractivity contribution >= 4 is 0 Å². The van der Waals surface area contributed by atoms with Crippen LogP contribution in [-0.4, -0.2) is 32.9 Å². The Morgan fingerprint density at radius 2 is 2.03 bits per heavy atom. The van der Waals surface area contributed by atoms with Gasteiger partial charge in [-0.2, -0.15) is 0 Å². The van der Waals surface area contributed by atoms with Crippen molar-refractivity contribution in [2.75, 3.05) is 13.7 Å². The predicted octanol–water partition coefficient (Wildman–Crippen LogP) is 3.94. The average Bonchev–Trinajstić information content (AvgIpc) is 3.30. The topological polar surface area (TPSA) is 78.5 Å². The summed E-state index contributed by atoms with van der Waals surface area (Å²) in [5.74, 6) is 0.561. The number of halogens is 1. The summed E-state index contributed by atoms with van der Waals surface area (Å²) in [5.41, 5.74) is 2.31. The lowest BCUT2D eigenvalue weighted by molar-refractivity contribution is 0.214. The van der Waals surface area contributed by atoms with E-state index >= 15 is 0 Å². The fourth-order valence-corrected chi connectivity index (χ4v) is 4.44. The Morgan fingerprint density at radius 1 is 1.21 bits per heavy atom. The van der Waals surface area contributed by atoms with Gasteiger partial charge in [0.25, 0.3) is 5.56 Å². The van der Waals surface area contributed by atoms with Crippen LogP contribution in [0.5, 0.6) is 11.5 Å². The van der Waals surface area contributed by atoms with Crippen LogP contribution >= 0.6 is 0 Å². The zero-order valence-corrected chi connectivity index (χ0v) is 18.8. The molecule has 0 spiro atoms. The summed E-state index contributed by atoms with van der Waals surface area (Å²) in [4.78, 5) is 17.7. The fourth-order valence-electron chi connectivity index (χ4n) is 4.44. The van der Waals surface area contributed by atoms with Crippen molar-refractivity contribution < 1.29 is 19.0 Å². The largest absolute Gasteiger partial charge is 0.495 e. The van der Waals surface area contributed by atoms with Crippen molar-refractivity contribution in [1.82, 2.24) is 14.1 Å². The molecule has 0 fully saturated rings. The summed E-state index contributed by atoms with van der Waals surface area (Å²) < 4.78 is 29.1. The molecule has 7 nitrogen and oxygen atoms in total. The number of fused-ring (bicyclic) bond motifs is 1. The van der Waals surface area contributed by atoms with E-state index in [0.29, 0.717) is 30.1 Å². The summed E-state index contributed by atoms with van der Waals surface area (Å²) in [6.07, 6.45) is 3.89. The molecule has 1 aliphatic heterocycles. The molecule has 34 heavy (non-hydrogen) atoms. The fraction of sp³-hybridized carbons (Fsp3) is 0.231. The molecule has 174 valence electrons. The highest BCUT2D eigenvalue weighted by atomic mass is 19.1. The van der Waals surface area contributed by atoms with Gasteiger partial charge >= 0.3 is 0 Å². The lowest BCUT2D eigenvalue weighted by atomic mass is 9.98. The van der Waals surface area contributed by atoms with E-state index in [1.165, 1.54) is 17.9 Å². The Balaban J connectivity index is 1.55. The normalized spacial score (nSPS) is 15.9. The minimum Gasteiger partial charge on any atom is -0.495 e. The van der Waals surface area contributed by atoms with Crippen LogP contribution in [0.25, 0.3) is 5.69 Å². The van der Waals surface area contributed by atoms with Gasteiger partial charge in [0.15, 0.2) is 0 Å². The second-order valence-electron chi connectivity index (χ2n) is 8.27. The molecule has 2 aromatic heterocycles. The molecule has 0 radical (unpaired) electrons. The number of rotatable bonds is 5. The summed E-state index contributed by atoms with van der Waals surface area (Å²) in [6.45, 7) is 2.29. The van der Waals surface area contributed by atoms with Crippen LogP contribution in [0.1, 0.15) is 41.0 Å². The molecular weight excluding hydrogens is 437 g/mol. The minimum atomic E-state index is -1.34. The van der Waals surface area contributed by atoms with Crippen molar-refractivity contribution in [3.05, 3.63) is 106 Å². The van der Waals surface area contributed by atoms with E-state index in [4.69, 9.17) is 9.47 Å². The summed E-state index contributed by atoms with van der Waals surface area (Å²) in [5, 5.41) is 11.1. The number of methoxy groups -OCH3 is 1. The van der Waals surface area contributed by atoms with Gasteiger partial charge in [-0.05, 0) is 36.8 Å². The third kappa shape index (κ3) is 3.86. The Morgan fingerprint density at radius 3 is 2.79 bits per heavy atom. The van der Waals surface area contributed by atoms with E-state index in [1.807, 2.05) is 42.0 Å². The van der Waals surface area contributed by atoms with Crippen molar-refractivity contribution in [3.8, 4) is 17.2 Å². The van der Waals surface area contributed by atoms with Crippen molar-refractivity contribution in [2.45, 2.75) is 25.5 Å². The van der Waals surface area contributed by atoms with Crippen LogP contribution in [0, 0.1) is 12.7 Å². The Labute approximate surface area is 195 Å². The molecule has 0 amide bonds. The molecule has 0 saturated heterocycles. The van der Waals surface area contributed by atoms with Crippen molar-refractivity contribution in [1.29, 1.82) is 0 Å². The standard InChI is InChI=1S/C26H24FN3O4/c1-16-13-29(15-28-16)22-8-7-17(11-24(22)33-2)25(31)20-12-18(27)14-30(26(20)32)21-9-10-34-23-6-4-3-5-19(21)23/h3-8,11-15,21,25,31H,9-10H2,1-2H3. The van der Waals surface area contributed by atoms with Crippen LogP contribution in [0.15, 0.2) is 72.0 Å². The molecule has 2 atom stereocenters. The molecule has 4 aromatic rings. The van der Waals surface area contributed by atoms with Gasteiger partial charge in [-0.15, -0.1) is 0 Å². The zero-order valence-electron chi connectivity index (χ0n) is 18.8. The number of pyridine rings is 1. The van der Waals surface area contributed by atoms with Crippen LogP contribution in [0.2, 0.25) is 0 Å². The van der Waals surface area contributed by atoms with Crippen molar-refractivity contribution in [3.63, 3.8) is 0 Å².